The smallest absolute Gasteiger partial charge is 0.134 e. The predicted octanol–water partition coefficient (Wildman–Crippen LogP) is 1.67. The second-order valence-electron chi connectivity index (χ2n) is 4.33. The molecule has 0 unspecified atom stereocenters. The average Bonchev–Trinajstić information content (AvgIpc) is 2.55. The van der Waals surface area contributed by atoms with Gasteiger partial charge in [0.2, 0.25) is 0 Å². The van der Waals surface area contributed by atoms with E-state index in [0.717, 1.165) is 17.1 Å². The highest BCUT2D eigenvalue weighted by molar-refractivity contribution is 7.99. The Balaban J connectivity index is 2.21. The Labute approximate surface area is 111 Å². The van der Waals surface area contributed by atoms with Gasteiger partial charge in [-0.15, -0.1) is 0 Å². The third-order valence-electron chi connectivity index (χ3n) is 3.03. The van der Waals surface area contributed by atoms with E-state index in [2.05, 4.69) is 10.4 Å². The molecule has 0 bridgehead atoms. The van der Waals surface area contributed by atoms with Gasteiger partial charge < -0.3 is 11.1 Å². The zero-order valence-electron chi connectivity index (χ0n) is 10.2. The molecule has 2 heterocycles. The van der Waals surface area contributed by atoms with Crippen LogP contribution in [-0.2, 0) is 7.05 Å². The summed E-state index contributed by atoms with van der Waals surface area (Å²) in [4.78, 5) is 0.420. The van der Waals surface area contributed by atoms with Gasteiger partial charge in [-0.2, -0.15) is 16.9 Å². The first-order valence-corrected chi connectivity index (χ1v) is 7.33. The van der Waals surface area contributed by atoms with E-state index >= 15 is 0 Å². The topological polar surface area (TPSA) is 55.9 Å². The number of aromatic nitrogens is 2. The van der Waals surface area contributed by atoms with E-state index in [4.69, 9.17) is 18.0 Å². The Kier molecular flexibility index (Phi) is 3.93. The van der Waals surface area contributed by atoms with Gasteiger partial charge in [-0.1, -0.05) is 12.2 Å². The fourth-order valence-electron chi connectivity index (χ4n) is 2.15. The van der Waals surface area contributed by atoms with Crippen molar-refractivity contribution in [1.82, 2.24) is 9.78 Å². The first-order valence-electron chi connectivity index (χ1n) is 5.77. The molecule has 1 aromatic rings. The summed E-state index contributed by atoms with van der Waals surface area (Å²) in [5.41, 5.74) is 7.55. The largest absolute Gasteiger partial charge is 0.389 e. The third-order valence-corrected chi connectivity index (χ3v) is 4.28. The fraction of sp³-hybridized carbons (Fsp3) is 0.636. The Bertz CT molecular complexity index is 421. The second-order valence-corrected chi connectivity index (χ2v) is 5.99. The summed E-state index contributed by atoms with van der Waals surface area (Å²) in [7, 11) is 1.93. The molecule has 1 fully saturated rings. The minimum absolute atomic E-state index is 0.420. The highest BCUT2D eigenvalue weighted by atomic mass is 32.2. The number of anilines is 1. The SMILES string of the molecule is Cc1nn(C)c(NC2CCSCC2)c1C(N)=S. The van der Waals surface area contributed by atoms with Crippen molar-refractivity contribution in [2.75, 3.05) is 16.8 Å². The van der Waals surface area contributed by atoms with Gasteiger partial charge in [0, 0.05) is 13.1 Å². The quantitative estimate of drug-likeness (QED) is 0.818. The second kappa shape index (κ2) is 5.27. The van der Waals surface area contributed by atoms with Crippen molar-refractivity contribution in [3.8, 4) is 0 Å². The maximum absolute atomic E-state index is 5.77. The maximum Gasteiger partial charge on any atom is 0.134 e. The first kappa shape index (κ1) is 12.7. The van der Waals surface area contributed by atoms with E-state index in [9.17, 15) is 0 Å². The van der Waals surface area contributed by atoms with Crippen LogP contribution in [-0.4, -0.2) is 32.3 Å². The van der Waals surface area contributed by atoms with Crippen LogP contribution in [0.3, 0.4) is 0 Å². The van der Waals surface area contributed by atoms with Gasteiger partial charge in [-0.05, 0) is 31.3 Å². The van der Waals surface area contributed by atoms with Gasteiger partial charge in [-0.3, -0.25) is 4.68 Å². The van der Waals surface area contributed by atoms with Crippen molar-refractivity contribution in [1.29, 1.82) is 0 Å². The molecule has 6 heteroatoms. The average molecular weight is 270 g/mol. The molecule has 0 saturated carbocycles. The van der Waals surface area contributed by atoms with Gasteiger partial charge in [0.15, 0.2) is 0 Å². The van der Waals surface area contributed by atoms with Crippen molar-refractivity contribution in [2.24, 2.45) is 12.8 Å². The normalized spacial score (nSPS) is 17.1. The molecule has 4 nitrogen and oxygen atoms in total. The minimum atomic E-state index is 0.420. The third kappa shape index (κ3) is 2.74. The first-order chi connectivity index (χ1) is 8.09. The molecular weight excluding hydrogens is 252 g/mol. The molecule has 1 aliphatic rings. The lowest BCUT2D eigenvalue weighted by Crippen LogP contribution is -2.27. The maximum atomic E-state index is 5.77. The highest BCUT2D eigenvalue weighted by Crippen LogP contribution is 2.24. The number of thiocarbonyl (C=S) groups is 1. The van der Waals surface area contributed by atoms with Crippen LogP contribution in [0.25, 0.3) is 0 Å². The van der Waals surface area contributed by atoms with Crippen LogP contribution in [0.5, 0.6) is 0 Å². The summed E-state index contributed by atoms with van der Waals surface area (Å²) in [6.07, 6.45) is 2.37. The summed E-state index contributed by atoms with van der Waals surface area (Å²) >= 11 is 7.11. The van der Waals surface area contributed by atoms with Gasteiger partial charge in [0.25, 0.3) is 0 Å². The van der Waals surface area contributed by atoms with Gasteiger partial charge in [-0.25, -0.2) is 0 Å². The van der Waals surface area contributed by atoms with E-state index in [1.54, 1.807) is 0 Å². The number of aryl methyl sites for hydroxylation is 2. The number of rotatable bonds is 3. The van der Waals surface area contributed by atoms with Crippen LogP contribution in [0.15, 0.2) is 0 Å². The molecule has 0 atom stereocenters. The van der Waals surface area contributed by atoms with E-state index in [0.29, 0.717) is 11.0 Å². The summed E-state index contributed by atoms with van der Waals surface area (Å²) in [5, 5.41) is 7.92. The van der Waals surface area contributed by atoms with Crippen molar-refractivity contribution < 1.29 is 0 Å². The lowest BCUT2D eigenvalue weighted by atomic mass is 10.1. The molecule has 1 aromatic heterocycles. The molecule has 0 radical (unpaired) electrons. The summed E-state index contributed by atoms with van der Waals surface area (Å²) in [6, 6.07) is 0.513. The van der Waals surface area contributed by atoms with Crippen LogP contribution in [0, 0.1) is 6.92 Å². The number of nitrogens with one attached hydrogen (secondary N) is 1. The molecule has 17 heavy (non-hydrogen) atoms. The fourth-order valence-corrected chi connectivity index (χ4v) is 3.50. The van der Waals surface area contributed by atoms with Gasteiger partial charge in [0.05, 0.1) is 11.3 Å². The van der Waals surface area contributed by atoms with Crippen molar-refractivity contribution in [3.05, 3.63) is 11.3 Å². The van der Waals surface area contributed by atoms with Crippen molar-refractivity contribution >= 4 is 34.8 Å². The van der Waals surface area contributed by atoms with Crippen LogP contribution in [0.2, 0.25) is 0 Å². The number of nitrogens with zero attached hydrogens (tertiary/aromatic N) is 2. The van der Waals surface area contributed by atoms with E-state index in [1.165, 1.54) is 24.3 Å². The molecule has 0 aromatic carbocycles. The lowest BCUT2D eigenvalue weighted by Gasteiger charge is -2.24. The van der Waals surface area contributed by atoms with Crippen LogP contribution < -0.4 is 11.1 Å². The predicted molar refractivity (Wildman–Crippen MR) is 77.8 cm³/mol. The van der Waals surface area contributed by atoms with E-state index in [-0.39, 0.29) is 0 Å². The molecule has 0 amide bonds. The molecule has 0 aliphatic carbocycles. The number of thioether (sulfide) groups is 1. The summed E-state index contributed by atoms with van der Waals surface area (Å²) in [5.74, 6) is 3.40. The van der Waals surface area contributed by atoms with Gasteiger partial charge >= 0.3 is 0 Å². The Morgan fingerprint density at radius 2 is 2.18 bits per heavy atom. The summed E-state index contributed by atoms with van der Waals surface area (Å²) < 4.78 is 1.84. The highest BCUT2D eigenvalue weighted by Gasteiger charge is 2.20. The zero-order chi connectivity index (χ0) is 12.4. The minimum Gasteiger partial charge on any atom is -0.389 e. The van der Waals surface area contributed by atoms with Gasteiger partial charge in [0.1, 0.15) is 10.8 Å². The Hall–Kier alpha value is -0.750. The van der Waals surface area contributed by atoms with Crippen LogP contribution in [0.1, 0.15) is 24.1 Å². The van der Waals surface area contributed by atoms with E-state index in [1.807, 2.05) is 30.4 Å². The monoisotopic (exact) mass is 270 g/mol. The molecule has 1 saturated heterocycles. The molecule has 3 N–H and O–H groups in total. The zero-order valence-corrected chi connectivity index (χ0v) is 11.8. The number of hydrogen-bond acceptors (Lipinski definition) is 4. The van der Waals surface area contributed by atoms with Crippen molar-refractivity contribution in [3.63, 3.8) is 0 Å². The van der Waals surface area contributed by atoms with Crippen molar-refractivity contribution in [2.45, 2.75) is 25.8 Å². The number of hydrogen-bond donors (Lipinski definition) is 2. The molecular formula is C11H18N4S2. The standard InChI is InChI=1S/C11H18N4S2/c1-7-9(10(12)16)11(15(2)14-7)13-8-3-5-17-6-4-8/h8,13H,3-6H2,1-2H3,(H2,12,16). The van der Waals surface area contributed by atoms with Crippen LogP contribution in [0.4, 0.5) is 5.82 Å². The molecule has 0 spiro atoms. The van der Waals surface area contributed by atoms with E-state index < -0.39 is 0 Å². The summed E-state index contributed by atoms with van der Waals surface area (Å²) in [6.45, 7) is 1.94. The Morgan fingerprint density at radius 3 is 2.76 bits per heavy atom. The van der Waals surface area contributed by atoms with Crippen LogP contribution >= 0.6 is 24.0 Å². The molecule has 94 valence electrons. The molecule has 2 rings (SSSR count). The molecule has 1 aliphatic heterocycles. The number of nitrogens with two attached hydrogens (primary N) is 1. The Morgan fingerprint density at radius 1 is 1.53 bits per heavy atom. The lowest BCUT2D eigenvalue weighted by molar-refractivity contribution is 0.649.